The van der Waals surface area contributed by atoms with E-state index in [0.717, 1.165) is 4.90 Å². The third kappa shape index (κ3) is 3.88. The largest absolute Gasteiger partial charge is 0.496 e. The van der Waals surface area contributed by atoms with Gasteiger partial charge >= 0.3 is 0 Å². The molecule has 0 aliphatic carbocycles. The Morgan fingerprint density at radius 2 is 1.95 bits per heavy atom. The summed E-state index contributed by atoms with van der Waals surface area (Å²) in [5, 5.41) is 10.8. The lowest BCUT2D eigenvalue weighted by atomic mass is 10.1. The molecule has 0 saturated heterocycles. The van der Waals surface area contributed by atoms with Crippen LogP contribution < -0.4 is 4.74 Å². The summed E-state index contributed by atoms with van der Waals surface area (Å²) in [6, 6.07) is 11.3. The summed E-state index contributed by atoms with van der Waals surface area (Å²) in [6.45, 7) is 0. The first kappa shape index (κ1) is 15.2. The van der Waals surface area contributed by atoms with Crippen LogP contribution in [0.25, 0.3) is 0 Å². The van der Waals surface area contributed by atoms with Crippen molar-refractivity contribution in [2.75, 3.05) is 12.9 Å². The van der Waals surface area contributed by atoms with E-state index in [0.29, 0.717) is 22.1 Å². The molecule has 1 atom stereocenters. The maximum Gasteiger partial charge on any atom is 0.124 e. The number of thioether (sulfide) groups is 1. The van der Waals surface area contributed by atoms with Crippen LogP contribution in [0.3, 0.4) is 0 Å². The maximum absolute atomic E-state index is 12.8. The Balaban J connectivity index is 2.06. The van der Waals surface area contributed by atoms with Gasteiger partial charge in [0.1, 0.15) is 11.6 Å². The number of hydrogen-bond donors (Lipinski definition) is 1. The smallest absolute Gasteiger partial charge is 0.124 e. The summed E-state index contributed by atoms with van der Waals surface area (Å²) in [6.07, 6.45) is -0.710. The molecular formula is C15H14ClFO2S. The number of benzene rings is 2. The summed E-state index contributed by atoms with van der Waals surface area (Å²) >= 11 is 7.38. The van der Waals surface area contributed by atoms with Crippen LogP contribution in [-0.2, 0) is 0 Å². The second-order valence-corrected chi connectivity index (χ2v) is 5.70. The van der Waals surface area contributed by atoms with Crippen molar-refractivity contribution in [1.82, 2.24) is 0 Å². The number of rotatable bonds is 5. The van der Waals surface area contributed by atoms with Gasteiger partial charge in [-0.05, 0) is 42.5 Å². The van der Waals surface area contributed by atoms with E-state index in [1.165, 1.54) is 23.9 Å². The fourth-order valence-electron chi connectivity index (χ4n) is 1.76. The van der Waals surface area contributed by atoms with E-state index in [2.05, 4.69) is 0 Å². The highest BCUT2D eigenvalue weighted by molar-refractivity contribution is 7.99. The van der Waals surface area contributed by atoms with Gasteiger partial charge in [0, 0.05) is 21.2 Å². The van der Waals surface area contributed by atoms with Crippen LogP contribution in [0.15, 0.2) is 47.4 Å². The molecular weight excluding hydrogens is 299 g/mol. The monoisotopic (exact) mass is 312 g/mol. The first-order valence-corrected chi connectivity index (χ1v) is 7.36. The van der Waals surface area contributed by atoms with E-state index in [1.807, 2.05) is 0 Å². The molecule has 0 fully saturated rings. The van der Waals surface area contributed by atoms with Crippen molar-refractivity contribution in [3.63, 3.8) is 0 Å². The van der Waals surface area contributed by atoms with Gasteiger partial charge in [0.15, 0.2) is 0 Å². The maximum atomic E-state index is 12.8. The van der Waals surface area contributed by atoms with E-state index in [1.54, 1.807) is 37.4 Å². The molecule has 0 radical (unpaired) electrons. The molecule has 1 N–H and O–H groups in total. The first-order valence-electron chi connectivity index (χ1n) is 6.00. The summed E-state index contributed by atoms with van der Waals surface area (Å²) in [5.74, 6) is 0.760. The van der Waals surface area contributed by atoms with Gasteiger partial charge in [-0.1, -0.05) is 11.6 Å². The second kappa shape index (κ2) is 6.97. The van der Waals surface area contributed by atoms with Gasteiger partial charge in [-0.15, -0.1) is 11.8 Å². The Bertz CT molecular complexity index is 575. The van der Waals surface area contributed by atoms with Gasteiger partial charge in [0.05, 0.1) is 13.2 Å². The van der Waals surface area contributed by atoms with Gasteiger partial charge in [0.2, 0.25) is 0 Å². The van der Waals surface area contributed by atoms with Crippen molar-refractivity contribution in [2.24, 2.45) is 0 Å². The van der Waals surface area contributed by atoms with E-state index >= 15 is 0 Å². The zero-order chi connectivity index (χ0) is 14.5. The van der Waals surface area contributed by atoms with Crippen LogP contribution in [0.4, 0.5) is 4.39 Å². The molecule has 0 saturated carbocycles. The van der Waals surface area contributed by atoms with Gasteiger partial charge in [0.25, 0.3) is 0 Å². The predicted molar refractivity (Wildman–Crippen MR) is 80.1 cm³/mol. The van der Waals surface area contributed by atoms with Crippen LogP contribution in [0.2, 0.25) is 5.02 Å². The molecule has 0 aromatic heterocycles. The number of ether oxygens (including phenoxy) is 1. The molecule has 1 unspecified atom stereocenters. The quantitative estimate of drug-likeness (QED) is 0.834. The fraction of sp³-hybridized carbons (Fsp3) is 0.200. The highest BCUT2D eigenvalue weighted by Crippen LogP contribution is 2.32. The lowest BCUT2D eigenvalue weighted by molar-refractivity contribution is 0.199. The first-order chi connectivity index (χ1) is 9.60. The number of methoxy groups -OCH3 is 1. The van der Waals surface area contributed by atoms with Crippen LogP contribution in [0.1, 0.15) is 11.7 Å². The predicted octanol–water partition coefficient (Wildman–Crippen LogP) is 4.31. The number of halogens is 2. The molecule has 20 heavy (non-hydrogen) atoms. The normalized spacial score (nSPS) is 12.2. The number of hydrogen-bond acceptors (Lipinski definition) is 3. The SMILES string of the molecule is COc1ccc(Cl)cc1C(O)CSc1ccc(F)cc1. The molecule has 2 aromatic rings. The van der Waals surface area contributed by atoms with Crippen molar-refractivity contribution in [1.29, 1.82) is 0 Å². The van der Waals surface area contributed by atoms with Crippen LogP contribution >= 0.6 is 23.4 Å². The Kier molecular flexibility index (Phi) is 5.29. The Hall–Kier alpha value is -1.23. The molecule has 0 aliphatic rings. The number of aliphatic hydroxyl groups is 1. The lowest BCUT2D eigenvalue weighted by Gasteiger charge is -2.15. The van der Waals surface area contributed by atoms with Crippen molar-refractivity contribution < 1.29 is 14.2 Å². The molecule has 106 valence electrons. The zero-order valence-electron chi connectivity index (χ0n) is 10.8. The topological polar surface area (TPSA) is 29.5 Å². The van der Waals surface area contributed by atoms with E-state index in [4.69, 9.17) is 16.3 Å². The van der Waals surface area contributed by atoms with E-state index in [9.17, 15) is 9.50 Å². The molecule has 2 nitrogen and oxygen atoms in total. The highest BCUT2D eigenvalue weighted by atomic mass is 35.5. The van der Waals surface area contributed by atoms with E-state index < -0.39 is 6.10 Å². The van der Waals surface area contributed by atoms with Crippen LogP contribution in [0, 0.1) is 5.82 Å². The molecule has 0 bridgehead atoms. The third-order valence-electron chi connectivity index (χ3n) is 2.77. The van der Waals surface area contributed by atoms with Crippen LogP contribution in [0.5, 0.6) is 5.75 Å². The summed E-state index contributed by atoms with van der Waals surface area (Å²) in [4.78, 5) is 0.895. The van der Waals surface area contributed by atoms with Crippen LogP contribution in [-0.4, -0.2) is 18.0 Å². The average Bonchev–Trinajstić information content (AvgIpc) is 2.46. The second-order valence-electron chi connectivity index (χ2n) is 4.17. The Morgan fingerprint density at radius 3 is 2.60 bits per heavy atom. The average molecular weight is 313 g/mol. The van der Waals surface area contributed by atoms with Crippen molar-refractivity contribution in [3.05, 3.63) is 58.9 Å². The van der Waals surface area contributed by atoms with Gasteiger partial charge < -0.3 is 9.84 Å². The Morgan fingerprint density at radius 1 is 1.25 bits per heavy atom. The van der Waals surface area contributed by atoms with Crippen molar-refractivity contribution in [3.8, 4) is 5.75 Å². The van der Waals surface area contributed by atoms with Gasteiger partial charge in [-0.2, -0.15) is 0 Å². The number of aliphatic hydroxyl groups excluding tert-OH is 1. The molecule has 0 amide bonds. The van der Waals surface area contributed by atoms with E-state index in [-0.39, 0.29) is 5.82 Å². The van der Waals surface area contributed by atoms with Gasteiger partial charge in [-0.25, -0.2) is 4.39 Å². The minimum Gasteiger partial charge on any atom is -0.496 e. The third-order valence-corrected chi connectivity index (χ3v) is 4.10. The zero-order valence-corrected chi connectivity index (χ0v) is 12.4. The van der Waals surface area contributed by atoms with Crippen molar-refractivity contribution in [2.45, 2.75) is 11.0 Å². The summed E-state index contributed by atoms with van der Waals surface area (Å²) in [5.41, 5.74) is 0.648. The molecule has 2 rings (SSSR count). The standard InChI is InChI=1S/C15H14ClFO2S/c1-19-15-7-2-10(16)8-13(15)14(18)9-20-12-5-3-11(17)4-6-12/h2-8,14,18H,9H2,1H3. The Labute approximate surface area is 126 Å². The molecule has 5 heteroatoms. The molecule has 0 spiro atoms. The molecule has 2 aromatic carbocycles. The highest BCUT2D eigenvalue weighted by Gasteiger charge is 2.14. The van der Waals surface area contributed by atoms with Crippen molar-refractivity contribution >= 4 is 23.4 Å². The molecule has 0 aliphatic heterocycles. The van der Waals surface area contributed by atoms with Gasteiger partial charge in [-0.3, -0.25) is 0 Å². The fourth-order valence-corrected chi connectivity index (χ4v) is 2.80. The summed E-state index contributed by atoms with van der Waals surface area (Å²) < 4.78 is 18.0. The minimum absolute atomic E-state index is 0.272. The molecule has 0 heterocycles. The lowest BCUT2D eigenvalue weighted by Crippen LogP contribution is -2.03. The minimum atomic E-state index is -0.710. The summed E-state index contributed by atoms with van der Waals surface area (Å²) in [7, 11) is 1.55.